The summed E-state index contributed by atoms with van der Waals surface area (Å²) in [6.45, 7) is 21.2. The first-order valence-electron chi connectivity index (χ1n) is 20.8. The van der Waals surface area contributed by atoms with Gasteiger partial charge in [-0.3, -0.25) is 0 Å². The van der Waals surface area contributed by atoms with Crippen LogP contribution in [0.5, 0.6) is 0 Å². The Morgan fingerprint density at radius 3 is 1.09 bits per heavy atom. The minimum Gasteiger partial charge on any atom is -0.373 e. The van der Waals surface area contributed by atoms with Gasteiger partial charge in [0.2, 0.25) is 0 Å². The Balaban J connectivity index is 1.45. The summed E-state index contributed by atoms with van der Waals surface area (Å²) < 4.78 is 42.4. The van der Waals surface area contributed by atoms with E-state index in [1.54, 1.807) is 22.7 Å². The quantitative estimate of drug-likeness (QED) is 0.0258. The Hall–Kier alpha value is 0.514. The third kappa shape index (κ3) is 15.1. The molecule has 0 saturated carbocycles. The lowest BCUT2D eigenvalue weighted by atomic mass is 10.1. The van der Waals surface area contributed by atoms with Crippen molar-refractivity contribution in [3.8, 4) is 0 Å². The molecule has 0 spiro atoms. The smallest absolute Gasteiger partial charge is 0.373 e. The number of aromatic nitrogens is 2. The normalized spacial score (nSPS) is 14.7. The molecule has 8 nitrogen and oxygen atoms in total. The monoisotopic (exact) mass is 980 g/mol. The van der Waals surface area contributed by atoms with Crippen LogP contribution in [0.15, 0.2) is 48.5 Å². The maximum atomic E-state index is 6.67. The first-order chi connectivity index (χ1) is 28.3. The van der Waals surface area contributed by atoms with E-state index in [2.05, 4.69) is 104 Å². The van der Waals surface area contributed by atoms with Crippen molar-refractivity contribution in [3.05, 3.63) is 58.5 Å². The van der Waals surface area contributed by atoms with Gasteiger partial charge in [0.25, 0.3) is 0 Å². The molecule has 0 fully saturated rings. The molecule has 0 aliphatic carbocycles. The summed E-state index contributed by atoms with van der Waals surface area (Å²) in [5.74, 6) is 2.01. The highest BCUT2D eigenvalue weighted by Gasteiger charge is 2.52. The lowest BCUT2D eigenvalue weighted by Gasteiger charge is -2.37. The van der Waals surface area contributed by atoms with Crippen LogP contribution in [-0.2, 0) is 26.6 Å². The Labute approximate surface area is 381 Å². The zero-order valence-corrected chi connectivity index (χ0v) is 44.0. The van der Waals surface area contributed by atoms with E-state index < -0.39 is 17.6 Å². The molecule has 4 aromatic rings. The number of nitrogens with zero attached hydrogens (tertiary/aromatic N) is 2. The number of para-hydroxylation sites is 2. The van der Waals surface area contributed by atoms with E-state index in [4.69, 9.17) is 36.5 Å². The van der Waals surface area contributed by atoms with Gasteiger partial charge in [0.1, 0.15) is 0 Å². The first kappa shape index (κ1) is 51.2. The van der Waals surface area contributed by atoms with Gasteiger partial charge in [-0.2, -0.15) is 0 Å². The minimum atomic E-state index is -3.04. The molecule has 0 aliphatic heterocycles. The van der Waals surface area contributed by atoms with Crippen molar-refractivity contribution in [2.75, 3.05) is 51.1 Å². The van der Waals surface area contributed by atoms with Crippen molar-refractivity contribution >= 4 is 122 Å². The fourth-order valence-corrected chi connectivity index (χ4v) is 28.0. The molecule has 2 aromatic heterocycles. The molecule has 4 rings (SSSR count). The zero-order valence-electron chi connectivity index (χ0n) is 35.4. The lowest BCUT2D eigenvalue weighted by molar-refractivity contribution is 0.0482. The van der Waals surface area contributed by atoms with Gasteiger partial charge in [0, 0.05) is 74.1 Å². The van der Waals surface area contributed by atoms with Crippen LogP contribution < -0.4 is 0 Å². The molecule has 0 radical (unpaired) electrons. The number of benzene rings is 2. The minimum absolute atomic E-state index is 0.0504. The summed E-state index contributed by atoms with van der Waals surface area (Å²) in [6.07, 6.45) is 5.51. The number of thiazole rings is 2. The van der Waals surface area contributed by atoms with Crippen LogP contribution in [-0.4, -0.2) is 78.7 Å². The number of hydrogen-bond acceptors (Lipinski definition) is 16. The van der Waals surface area contributed by atoms with Gasteiger partial charge >= 0.3 is 17.6 Å². The van der Waals surface area contributed by atoms with Crippen LogP contribution in [0.3, 0.4) is 0 Å². The molecule has 58 heavy (non-hydrogen) atoms. The maximum absolute atomic E-state index is 6.67. The molecule has 2 heterocycles. The largest absolute Gasteiger partial charge is 0.504 e. The van der Waals surface area contributed by atoms with Gasteiger partial charge in [0.05, 0.1) is 30.4 Å². The first-order valence-corrected chi connectivity index (χ1v) is 33.8. The van der Waals surface area contributed by atoms with E-state index >= 15 is 0 Å². The second-order valence-corrected chi connectivity index (χ2v) is 31.7. The Morgan fingerprint density at radius 1 is 0.483 bits per heavy atom. The highest BCUT2D eigenvalue weighted by atomic mass is 33.9. The maximum Gasteiger partial charge on any atom is 0.504 e. The van der Waals surface area contributed by atoms with Gasteiger partial charge in [-0.1, -0.05) is 101 Å². The summed E-state index contributed by atoms with van der Waals surface area (Å²) in [5.41, 5.74) is 2.19. The van der Waals surface area contributed by atoms with Gasteiger partial charge in [-0.05, 0) is 102 Å². The van der Waals surface area contributed by atoms with E-state index in [0.717, 1.165) is 71.1 Å². The third-order valence-electron chi connectivity index (χ3n) is 9.30. The third-order valence-corrected chi connectivity index (χ3v) is 29.3. The molecule has 4 unspecified atom stereocenters. The summed E-state index contributed by atoms with van der Waals surface area (Å²) in [4.78, 5) is 10.3. The Bertz CT molecular complexity index is 1480. The standard InChI is InChI=1S/C40H64N2O6S8Si2/c1-9-23-43-57(44-24-10-2,45-25-11-3)31(7)33(39-41-35-19-15-17-21-37(35)51-39)29-49-53-55-56-54-50-30-34(40-42-36-20-16-18-22-38(36)52-40)32(8)58(46-26-12-4,47-27-13-5)48-28-14-6/h15-22,31-34H,9-14,23-30H2,1-8H3. The van der Waals surface area contributed by atoms with Crippen LogP contribution in [0.4, 0.5) is 0 Å². The SMILES string of the molecule is CCCO[Si](OCCC)(OCCC)C(C)C(CSSSSSSCC(c1nc2ccccc2s1)C(C)[Si](OCCC)(OCCC)OCCC)c1nc2ccccc2s1. The molecule has 4 atom stereocenters. The average molecular weight is 982 g/mol. The van der Waals surface area contributed by atoms with Gasteiger partial charge in [0.15, 0.2) is 0 Å². The van der Waals surface area contributed by atoms with Crippen molar-refractivity contribution in [2.45, 2.75) is 117 Å². The van der Waals surface area contributed by atoms with Crippen LogP contribution in [0.2, 0.25) is 11.1 Å². The van der Waals surface area contributed by atoms with Crippen molar-refractivity contribution in [2.24, 2.45) is 0 Å². The second-order valence-electron chi connectivity index (χ2n) is 14.0. The van der Waals surface area contributed by atoms with E-state index in [1.165, 1.54) is 9.40 Å². The number of hydrogen-bond donors (Lipinski definition) is 0. The van der Waals surface area contributed by atoms with Crippen LogP contribution >= 0.6 is 83.6 Å². The van der Waals surface area contributed by atoms with Crippen LogP contribution in [0.1, 0.15) is 116 Å². The molecule has 2 aromatic carbocycles. The summed E-state index contributed by atoms with van der Waals surface area (Å²) in [6, 6.07) is 16.9. The molecule has 0 amide bonds. The van der Waals surface area contributed by atoms with Crippen molar-refractivity contribution in [1.82, 2.24) is 9.97 Å². The van der Waals surface area contributed by atoms with Gasteiger partial charge < -0.3 is 26.6 Å². The topological polar surface area (TPSA) is 81.2 Å². The van der Waals surface area contributed by atoms with Crippen LogP contribution in [0, 0.1) is 0 Å². The predicted molar refractivity (Wildman–Crippen MR) is 268 cm³/mol. The van der Waals surface area contributed by atoms with Crippen molar-refractivity contribution in [1.29, 1.82) is 0 Å². The molecular formula is C40H64N2O6S8Si2. The molecule has 326 valence electrons. The second kappa shape index (κ2) is 28.3. The zero-order chi connectivity index (χ0) is 41.6. The summed E-state index contributed by atoms with van der Waals surface area (Å²) in [7, 11) is 4.97. The molecule has 0 bridgehead atoms. The van der Waals surface area contributed by atoms with Crippen molar-refractivity contribution in [3.63, 3.8) is 0 Å². The molecular weight excluding hydrogens is 917 g/mol. The van der Waals surface area contributed by atoms with E-state index in [1.807, 2.05) is 60.9 Å². The Morgan fingerprint density at radius 2 is 0.793 bits per heavy atom. The number of fused-ring (bicyclic) bond motifs is 2. The summed E-state index contributed by atoms with van der Waals surface area (Å²) >= 11 is 3.58. The molecule has 0 aliphatic rings. The van der Waals surface area contributed by atoms with E-state index in [0.29, 0.717) is 39.6 Å². The lowest BCUT2D eigenvalue weighted by Crippen LogP contribution is -2.52. The predicted octanol–water partition coefficient (Wildman–Crippen LogP) is 15.0. The van der Waals surface area contributed by atoms with E-state index in [9.17, 15) is 0 Å². The molecule has 0 saturated heterocycles. The fraction of sp³-hybridized carbons (Fsp3) is 0.650. The summed E-state index contributed by atoms with van der Waals surface area (Å²) in [5, 5.41) is 2.26. The van der Waals surface area contributed by atoms with Gasteiger partial charge in [-0.25, -0.2) is 9.97 Å². The average Bonchev–Trinajstić information content (AvgIpc) is 3.88. The highest BCUT2D eigenvalue weighted by Crippen LogP contribution is 2.56. The fourth-order valence-electron chi connectivity index (χ4n) is 6.22. The Kier molecular flexibility index (Phi) is 25.0. The molecule has 18 heteroatoms. The highest BCUT2D eigenvalue weighted by molar-refractivity contribution is 9.41. The van der Waals surface area contributed by atoms with Crippen LogP contribution in [0.25, 0.3) is 20.4 Å². The molecule has 0 N–H and O–H groups in total. The number of rotatable bonds is 33. The van der Waals surface area contributed by atoms with Crippen molar-refractivity contribution < 1.29 is 26.6 Å². The van der Waals surface area contributed by atoms with Gasteiger partial charge in [-0.15, -0.1) is 22.7 Å². The van der Waals surface area contributed by atoms with E-state index in [-0.39, 0.29) is 22.9 Å².